The van der Waals surface area contributed by atoms with Crippen molar-refractivity contribution in [3.8, 4) is 5.69 Å². The summed E-state index contributed by atoms with van der Waals surface area (Å²) in [6.07, 6.45) is 0. The Morgan fingerprint density at radius 2 is 1.76 bits per heavy atom. The second-order valence-corrected chi connectivity index (χ2v) is 6.06. The summed E-state index contributed by atoms with van der Waals surface area (Å²) in [5.74, 6) is 0. The zero-order valence-corrected chi connectivity index (χ0v) is 11.2. The van der Waals surface area contributed by atoms with Crippen molar-refractivity contribution < 1.29 is 0 Å². The maximum absolute atomic E-state index is 12.2. The van der Waals surface area contributed by atoms with Crippen LogP contribution < -0.4 is 5.56 Å². The third-order valence-corrected chi connectivity index (χ3v) is 5.60. The second-order valence-electron chi connectivity index (χ2n) is 3.64. The van der Waals surface area contributed by atoms with Gasteiger partial charge in [0.2, 0.25) is 0 Å². The van der Waals surface area contributed by atoms with Crippen LogP contribution in [0.25, 0.3) is 15.3 Å². The van der Waals surface area contributed by atoms with Crippen LogP contribution in [0.3, 0.4) is 0 Å². The van der Waals surface area contributed by atoms with Gasteiger partial charge in [0.05, 0.1) is 0 Å². The molecule has 0 bridgehead atoms. The van der Waals surface area contributed by atoms with Crippen molar-refractivity contribution in [1.82, 2.24) is 3.56 Å². The van der Waals surface area contributed by atoms with E-state index in [1.165, 1.54) is 0 Å². The zero-order chi connectivity index (χ0) is 11.8. The summed E-state index contributed by atoms with van der Waals surface area (Å²) in [5, 5.41) is 1.43. The third kappa shape index (κ3) is 1.77. The Kier molecular flexibility index (Phi) is 2.67. The number of hydrogen-bond donors (Lipinski definition) is 0. The van der Waals surface area contributed by atoms with E-state index in [9.17, 15) is 4.79 Å². The molecule has 0 aliphatic rings. The molecule has 0 amide bonds. The minimum absolute atomic E-state index is 0.0497. The minimum atomic E-state index is -0.0634. The Labute approximate surface area is 109 Å². The predicted molar refractivity (Wildman–Crippen MR) is 71.5 cm³/mol. The first-order valence-electron chi connectivity index (χ1n) is 5.13. The molecular formula is C13H8ClNOSe. The van der Waals surface area contributed by atoms with Crippen LogP contribution in [-0.4, -0.2) is 18.3 Å². The average Bonchev–Trinajstić information content (AvgIpc) is 2.70. The van der Waals surface area contributed by atoms with Gasteiger partial charge in [-0.05, 0) is 0 Å². The molecule has 0 aliphatic heterocycles. The van der Waals surface area contributed by atoms with Gasteiger partial charge in [-0.15, -0.1) is 0 Å². The van der Waals surface area contributed by atoms with Crippen LogP contribution in [0.15, 0.2) is 53.3 Å². The summed E-state index contributed by atoms with van der Waals surface area (Å²) in [7, 11) is 0. The van der Waals surface area contributed by atoms with E-state index in [1.807, 2.05) is 52.1 Å². The van der Waals surface area contributed by atoms with Crippen molar-refractivity contribution in [2.24, 2.45) is 0 Å². The number of aromatic nitrogens is 1. The summed E-state index contributed by atoms with van der Waals surface area (Å²) in [4.78, 5) is 12.2. The van der Waals surface area contributed by atoms with Crippen LogP contribution in [0.4, 0.5) is 0 Å². The average molecular weight is 309 g/mol. The van der Waals surface area contributed by atoms with Gasteiger partial charge in [-0.1, -0.05) is 0 Å². The fourth-order valence-electron chi connectivity index (χ4n) is 1.75. The van der Waals surface area contributed by atoms with Crippen molar-refractivity contribution in [1.29, 1.82) is 0 Å². The fourth-order valence-corrected chi connectivity index (χ4v) is 4.20. The van der Waals surface area contributed by atoms with Gasteiger partial charge in [-0.3, -0.25) is 0 Å². The van der Waals surface area contributed by atoms with E-state index in [0.717, 1.165) is 15.3 Å². The molecule has 1 aromatic heterocycles. The van der Waals surface area contributed by atoms with E-state index in [2.05, 4.69) is 0 Å². The molecule has 84 valence electrons. The molecule has 0 N–H and O–H groups in total. The molecule has 1 heterocycles. The molecule has 2 nitrogen and oxygen atoms in total. The molecule has 0 fully saturated rings. The van der Waals surface area contributed by atoms with E-state index >= 15 is 0 Å². The Balaban J connectivity index is 2.37. The molecule has 3 rings (SSSR count). The van der Waals surface area contributed by atoms with Crippen LogP contribution in [0.1, 0.15) is 0 Å². The van der Waals surface area contributed by atoms with Gasteiger partial charge in [0.25, 0.3) is 0 Å². The molecule has 0 saturated heterocycles. The van der Waals surface area contributed by atoms with Gasteiger partial charge < -0.3 is 0 Å². The van der Waals surface area contributed by atoms with Gasteiger partial charge in [-0.2, -0.15) is 0 Å². The number of fused-ring (bicyclic) bond motifs is 1. The monoisotopic (exact) mass is 309 g/mol. The molecule has 3 aromatic rings. The standard InChI is InChI=1S/C13H8ClNOSe/c14-11-8-4-7-10-12(11)17-15(13(10)16)9-5-2-1-3-6-9/h1-8H. The van der Waals surface area contributed by atoms with Crippen molar-refractivity contribution in [2.45, 2.75) is 0 Å². The number of hydrogen-bond acceptors (Lipinski definition) is 1. The Bertz CT molecular complexity index is 730. The normalized spacial score (nSPS) is 10.9. The first kappa shape index (κ1) is 10.8. The second kappa shape index (κ2) is 4.19. The van der Waals surface area contributed by atoms with E-state index in [4.69, 9.17) is 11.6 Å². The zero-order valence-electron chi connectivity index (χ0n) is 8.76. The first-order valence-corrected chi connectivity index (χ1v) is 7.13. The van der Waals surface area contributed by atoms with Crippen molar-refractivity contribution in [3.05, 3.63) is 63.9 Å². The van der Waals surface area contributed by atoms with Gasteiger partial charge >= 0.3 is 109 Å². The fraction of sp³-hybridized carbons (Fsp3) is 0. The van der Waals surface area contributed by atoms with Crippen LogP contribution in [0, 0.1) is 0 Å². The first-order chi connectivity index (χ1) is 8.27. The number of para-hydroxylation sites is 1. The third-order valence-electron chi connectivity index (χ3n) is 2.56. The van der Waals surface area contributed by atoms with Crippen molar-refractivity contribution in [2.75, 3.05) is 0 Å². The van der Waals surface area contributed by atoms with E-state index in [1.54, 1.807) is 0 Å². The topological polar surface area (TPSA) is 22.0 Å². The van der Waals surface area contributed by atoms with Crippen molar-refractivity contribution >= 4 is 36.0 Å². The molecular weight excluding hydrogens is 301 g/mol. The van der Waals surface area contributed by atoms with E-state index in [0.29, 0.717) is 5.02 Å². The number of nitrogens with zero attached hydrogens (tertiary/aromatic N) is 1. The predicted octanol–water partition coefficient (Wildman–Crippen LogP) is 2.70. The molecule has 4 heteroatoms. The van der Waals surface area contributed by atoms with Crippen molar-refractivity contribution in [3.63, 3.8) is 0 Å². The van der Waals surface area contributed by atoms with Gasteiger partial charge in [0.1, 0.15) is 0 Å². The molecule has 17 heavy (non-hydrogen) atoms. The molecule has 0 spiro atoms. The molecule has 0 aliphatic carbocycles. The molecule has 2 aromatic carbocycles. The maximum atomic E-state index is 12.2. The molecule has 0 unspecified atom stereocenters. The van der Waals surface area contributed by atoms with Crippen LogP contribution >= 0.6 is 11.6 Å². The quantitative estimate of drug-likeness (QED) is 0.634. The number of rotatable bonds is 1. The Morgan fingerprint density at radius 3 is 2.47 bits per heavy atom. The van der Waals surface area contributed by atoms with Gasteiger partial charge in [-0.25, -0.2) is 0 Å². The van der Waals surface area contributed by atoms with Gasteiger partial charge in [0.15, 0.2) is 0 Å². The summed E-state index contributed by atoms with van der Waals surface area (Å²) in [6.45, 7) is 0. The SMILES string of the molecule is O=c1c2cccc(Cl)c2[se]n1-c1ccccc1. The van der Waals surface area contributed by atoms with E-state index < -0.39 is 0 Å². The van der Waals surface area contributed by atoms with Crippen LogP contribution in [-0.2, 0) is 0 Å². The van der Waals surface area contributed by atoms with E-state index in [-0.39, 0.29) is 20.3 Å². The Hall–Kier alpha value is -1.28. The molecule has 0 radical (unpaired) electrons. The molecule has 0 saturated carbocycles. The van der Waals surface area contributed by atoms with Crippen LogP contribution in [0.5, 0.6) is 0 Å². The number of benzene rings is 2. The Morgan fingerprint density at radius 1 is 1.00 bits per heavy atom. The van der Waals surface area contributed by atoms with Gasteiger partial charge in [0, 0.05) is 0 Å². The summed E-state index contributed by atoms with van der Waals surface area (Å²) >= 11 is 6.06. The summed E-state index contributed by atoms with van der Waals surface area (Å²) in [5.41, 5.74) is 0.985. The summed E-state index contributed by atoms with van der Waals surface area (Å²) < 4.78 is 2.79. The molecule has 0 atom stereocenters. The number of halogens is 1. The van der Waals surface area contributed by atoms with Crippen LogP contribution in [0.2, 0.25) is 5.02 Å². The summed E-state index contributed by atoms with van der Waals surface area (Å²) in [6, 6.07) is 15.2.